The van der Waals surface area contributed by atoms with Crippen LogP contribution in [0.5, 0.6) is 0 Å². The standard InChI is InChI=1S/C9H16N4O/c1-2-14-7-3-6(4-7)5-8-11-9(10)13-12-8/h6-7H,2-5H2,1H3,(H3,10,11,12,13). The van der Waals surface area contributed by atoms with Gasteiger partial charge in [-0.25, -0.2) is 0 Å². The molecule has 0 unspecified atom stereocenters. The molecule has 1 aliphatic rings. The predicted molar refractivity (Wildman–Crippen MR) is 52.6 cm³/mol. The Morgan fingerprint density at radius 1 is 1.57 bits per heavy atom. The highest BCUT2D eigenvalue weighted by Crippen LogP contribution is 2.32. The molecule has 0 aliphatic heterocycles. The van der Waals surface area contributed by atoms with E-state index in [1.54, 1.807) is 0 Å². The van der Waals surface area contributed by atoms with Crippen LogP contribution in [0.1, 0.15) is 25.6 Å². The average molecular weight is 196 g/mol. The quantitative estimate of drug-likeness (QED) is 0.744. The van der Waals surface area contributed by atoms with E-state index in [4.69, 9.17) is 10.5 Å². The molecule has 1 heterocycles. The van der Waals surface area contributed by atoms with Gasteiger partial charge >= 0.3 is 0 Å². The van der Waals surface area contributed by atoms with Crippen LogP contribution in [0.15, 0.2) is 0 Å². The molecule has 0 atom stereocenters. The van der Waals surface area contributed by atoms with Crippen LogP contribution in [-0.2, 0) is 11.2 Å². The third-order valence-corrected chi connectivity index (χ3v) is 2.63. The SMILES string of the molecule is CCOC1CC(Cc2nc(N)n[nH]2)C1. The number of nitrogens with zero attached hydrogens (tertiary/aromatic N) is 2. The highest BCUT2D eigenvalue weighted by atomic mass is 16.5. The van der Waals surface area contributed by atoms with Gasteiger partial charge in [0.05, 0.1) is 6.10 Å². The summed E-state index contributed by atoms with van der Waals surface area (Å²) in [6.07, 6.45) is 3.67. The van der Waals surface area contributed by atoms with Crippen LogP contribution < -0.4 is 5.73 Å². The number of aromatic nitrogens is 3. The van der Waals surface area contributed by atoms with Crippen LogP contribution in [-0.4, -0.2) is 27.9 Å². The van der Waals surface area contributed by atoms with Crippen molar-refractivity contribution in [3.8, 4) is 0 Å². The van der Waals surface area contributed by atoms with Crippen molar-refractivity contribution >= 4 is 5.95 Å². The van der Waals surface area contributed by atoms with E-state index in [0.29, 0.717) is 18.0 Å². The van der Waals surface area contributed by atoms with Crippen molar-refractivity contribution in [3.05, 3.63) is 5.82 Å². The van der Waals surface area contributed by atoms with Crippen molar-refractivity contribution in [3.63, 3.8) is 0 Å². The van der Waals surface area contributed by atoms with E-state index in [2.05, 4.69) is 15.2 Å². The lowest BCUT2D eigenvalue weighted by Crippen LogP contribution is -2.32. The van der Waals surface area contributed by atoms with Gasteiger partial charge in [-0.05, 0) is 25.7 Å². The molecule has 0 bridgehead atoms. The smallest absolute Gasteiger partial charge is 0.239 e. The third-order valence-electron chi connectivity index (χ3n) is 2.63. The lowest BCUT2D eigenvalue weighted by Gasteiger charge is -2.34. The number of ether oxygens (including phenoxy) is 1. The molecule has 1 saturated carbocycles. The number of nitrogen functional groups attached to an aromatic ring is 1. The number of hydrogen-bond acceptors (Lipinski definition) is 4. The van der Waals surface area contributed by atoms with Crippen LogP contribution >= 0.6 is 0 Å². The monoisotopic (exact) mass is 196 g/mol. The first-order valence-electron chi connectivity index (χ1n) is 5.06. The van der Waals surface area contributed by atoms with Crippen LogP contribution in [0.4, 0.5) is 5.95 Å². The second kappa shape index (κ2) is 3.96. The molecule has 0 saturated heterocycles. The van der Waals surface area contributed by atoms with E-state index < -0.39 is 0 Å². The van der Waals surface area contributed by atoms with E-state index in [9.17, 15) is 0 Å². The summed E-state index contributed by atoms with van der Waals surface area (Å²) in [4.78, 5) is 4.07. The van der Waals surface area contributed by atoms with Gasteiger partial charge in [0.1, 0.15) is 5.82 Å². The number of hydrogen-bond donors (Lipinski definition) is 2. The number of aromatic amines is 1. The molecular formula is C9H16N4O. The molecule has 1 aliphatic carbocycles. The molecule has 3 N–H and O–H groups in total. The van der Waals surface area contributed by atoms with Gasteiger partial charge < -0.3 is 10.5 Å². The minimum Gasteiger partial charge on any atom is -0.378 e. The molecule has 1 fully saturated rings. The van der Waals surface area contributed by atoms with E-state index in [1.807, 2.05) is 6.92 Å². The molecule has 78 valence electrons. The number of rotatable bonds is 4. The predicted octanol–water partition coefficient (Wildman–Crippen LogP) is 0.744. The zero-order valence-corrected chi connectivity index (χ0v) is 8.36. The topological polar surface area (TPSA) is 76.8 Å². The Hall–Kier alpha value is -1.10. The van der Waals surface area contributed by atoms with Crippen molar-refractivity contribution in [1.29, 1.82) is 0 Å². The summed E-state index contributed by atoms with van der Waals surface area (Å²) < 4.78 is 5.48. The fourth-order valence-corrected chi connectivity index (χ4v) is 1.89. The van der Waals surface area contributed by atoms with Crippen LogP contribution in [0.3, 0.4) is 0 Å². The van der Waals surface area contributed by atoms with Crippen LogP contribution in [0.25, 0.3) is 0 Å². The Balaban J connectivity index is 1.74. The van der Waals surface area contributed by atoms with Gasteiger partial charge in [0.25, 0.3) is 0 Å². The van der Waals surface area contributed by atoms with Crippen molar-refractivity contribution < 1.29 is 4.74 Å². The molecule has 5 nitrogen and oxygen atoms in total. The normalized spacial score (nSPS) is 26.1. The first kappa shape index (κ1) is 9.45. The van der Waals surface area contributed by atoms with Gasteiger partial charge in [-0.15, -0.1) is 5.10 Å². The average Bonchev–Trinajstić information content (AvgIpc) is 2.48. The zero-order chi connectivity index (χ0) is 9.97. The molecule has 14 heavy (non-hydrogen) atoms. The van der Waals surface area contributed by atoms with Crippen molar-refractivity contribution in [2.75, 3.05) is 12.3 Å². The van der Waals surface area contributed by atoms with Gasteiger partial charge in [0.2, 0.25) is 5.95 Å². The molecule has 5 heteroatoms. The van der Waals surface area contributed by atoms with E-state index in [1.165, 1.54) is 0 Å². The van der Waals surface area contributed by atoms with Crippen LogP contribution in [0, 0.1) is 5.92 Å². The Bertz CT molecular complexity index is 293. The summed E-state index contributed by atoms with van der Waals surface area (Å²) in [5, 5.41) is 6.62. The molecule has 0 spiro atoms. The van der Waals surface area contributed by atoms with Gasteiger partial charge in [-0.3, -0.25) is 5.10 Å². The van der Waals surface area contributed by atoms with Gasteiger partial charge in [-0.1, -0.05) is 0 Å². The van der Waals surface area contributed by atoms with Crippen LogP contribution in [0.2, 0.25) is 0 Å². The van der Waals surface area contributed by atoms with E-state index in [0.717, 1.165) is 31.7 Å². The number of H-pyrrole nitrogens is 1. The summed E-state index contributed by atoms with van der Waals surface area (Å²) >= 11 is 0. The molecule has 0 aromatic carbocycles. The Morgan fingerprint density at radius 3 is 2.93 bits per heavy atom. The second-order valence-electron chi connectivity index (χ2n) is 3.76. The summed E-state index contributed by atoms with van der Waals surface area (Å²) in [5.74, 6) is 1.90. The zero-order valence-electron chi connectivity index (χ0n) is 8.36. The molecule has 0 radical (unpaired) electrons. The number of nitrogens with one attached hydrogen (secondary N) is 1. The molecule has 2 rings (SSSR count). The lowest BCUT2D eigenvalue weighted by atomic mass is 9.80. The molecule has 0 amide bonds. The highest BCUT2D eigenvalue weighted by molar-refractivity contribution is 5.13. The van der Waals surface area contributed by atoms with Crippen molar-refractivity contribution in [2.45, 2.75) is 32.3 Å². The molecular weight excluding hydrogens is 180 g/mol. The van der Waals surface area contributed by atoms with E-state index in [-0.39, 0.29) is 0 Å². The van der Waals surface area contributed by atoms with Gasteiger partial charge in [0, 0.05) is 13.0 Å². The maximum Gasteiger partial charge on any atom is 0.239 e. The molecule has 1 aromatic heterocycles. The van der Waals surface area contributed by atoms with E-state index >= 15 is 0 Å². The largest absolute Gasteiger partial charge is 0.378 e. The summed E-state index contributed by atoms with van der Waals surface area (Å²) in [6.45, 7) is 2.84. The maximum absolute atomic E-state index is 5.48. The number of anilines is 1. The number of nitrogens with two attached hydrogens (primary N) is 1. The third kappa shape index (κ3) is 2.04. The first-order valence-corrected chi connectivity index (χ1v) is 5.06. The Morgan fingerprint density at radius 2 is 2.36 bits per heavy atom. The fraction of sp³-hybridized carbons (Fsp3) is 0.778. The lowest BCUT2D eigenvalue weighted by molar-refractivity contribution is -0.0245. The summed E-state index contributed by atoms with van der Waals surface area (Å²) in [5.41, 5.74) is 5.41. The summed E-state index contributed by atoms with van der Waals surface area (Å²) in [7, 11) is 0. The second-order valence-corrected chi connectivity index (χ2v) is 3.76. The highest BCUT2D eigenvalue weighted by Gasteiger charge is 2.30. The van der Waals surface area contributed by atoms with Gasteiger partial charge in [0.15, 0.2) is 0 Å². The fourth-order valence-electron chi connectivity index (χ4n) is 1.89. The Labute approximate surface area is 83.1 Å². The minimum absolute atomic E-state index is 0.334. The summed E-state index contributed by atoms with van der Waals surface area (Å²) in [6, 6.07) is 0. The Kier molecular flexibility index (Phi) is 2.67. The molecule has 1 aromatic rings. The first-order chi connectivity index (χ1) is 6.78. The maximum atomic E-state index is 5.48. The van der Waals surface area contributed by atoms with Gasteiger partial charge in [-0.2, -0.15) is 4.98 Å². The van der Waals surface area contributed by atoms with Crippen molar-refractivity contribution in [2.24, 2.45) is 5.92 Å². The minimum atomic E-state index is 0.334. The van der Waals surface area contributed by atoms with Crippen molar-refractivity contribution in [1.82, 2.24) is 15.2 Å².